The number of carbonyl (C=O) groups is 2. The highest BCUT2D eigenvalue weighted by atomic mass is 32.1. The van der Waals surface area contributed by atoms with E-state index in [0.717, 1.165) is 0 Å². The summed E-state index contributed by atoms with van der Waals surface area (Å²) in [4.78, 5) is 26.7. The van der Waals surface area contributed by atoms with Crippen molar-refractivity contribution in [3.63, 3.8) is 0 Å². The normalized spacial score (nSPS) is 15.7. The van der Waals surface area contributed by atoms with E-state index in [0.29, 0.717) is 29.4 Å². The summed E-state index contributed by atoms with van der Waals surface area (Å²) in [7, 11) is 1.53. The summed E-state index contributed by atoms with van der Waals surface area (Å²) < 4.78 is 10.8. The maximum Gasteiger partial charge on any atom is 0.270 e. The molecule has 1 N–H and O–H groups in total. The number of rotatable bonds is 5. The van der Waals surface area contributed by atoms with Crippen molar-refractivity contribution in [1.82, 2.24) is 5.32 Å². The Kier molecular flexibility index (Phi) is 5.52. The summed E-state index contributed by atoms with van der Waals surface area (Å²) in [5.74, 6) is 0.109. The van der Waals surface area contributed by atoms with Gasteiger partial charge in [0.05, 0.1) is 19.4 Å². The number of hydrogen-bond donors (Lipinski definition) is 1. The van der Waals surface area contributed by atoms with Crippen LogP contribution in [0.5, 0.6) is 11.5 Å². The molecule has 1 fully saturated rings. The fourth-order valence-electron chi connectivity index (χ4n) is 2.71. The van der Waals surface area contributed by atoms with E-state index in [-0.39, 0.29) is 10.7 Å². The molecule has 6 nitrogen and oxygen atoms in total. The third-order valence-electron chi connectivity index (χ3n) is 3.93. The van der Waals surface area contributed by atoms with E-state index in [2.05, 4.69) is 5.32 Å². The van der Waals surface area contributed by atoms with Crippen molar-refractivity contribution in [3.8, 4) is 11.5 Å². The van der Waals surface area contributed by atoms with Gasteiger partial charge in [0, 0.05) is 11.6 Å². The smallest absolute Gasteiger partial charge is 0.270 e. The molecule has 7 heteroatoms. The molecule has 2 aromatic rings. The zero-order valence-electron chi connectivity index (χ0n) is 14.9. The summed E-state index contributed by atoms with van der Waals surface area (Å²) in [6.45, 7) is 2.37. The van der Waals surface area contributed by atoms with Crippen LogP contribution < -0.4 is 19.7 Å². The molecule has 138 valence electrons. The van der Waals surface area contributed by atoms with Crippen LogP contribution in [0, 0.1) is 0 Å². The predicted molar refractivity (Wildman–Crippen MR) is 107 cm³/mol. The van der Waals surface area contributed by atoms with Crippen LogP contribution in [0.4, 0.5) is 5.69 Å². The lowest BCUT2D eigenvalue weighted by molar-refractivity contribution is -0.122. The monoisotopic (exact) mass is 382 g/mol. The molecule has 1 saturated heterocycles. The Morgan fingerprint density at radius 3 is 2.67 bits per heavy atom. The maximum atomic E-state index is 13.0. The van der Waals surface area contributed by atoms with Gasteiger partial charge in [0.15, 0.2) is 5.11 Å². The zero-order chi connectivity index (χ0) is 19.4. The molecule has 1 heterocycles. The van der Waals surface area contributed by atoms with Crippen LogP contribution in [0.2, 0.25) is 0 Å². The second kappa shape index (κ2) is 8.01. The first-order valence-corrected chi connectivity index (χ1v) is 8.73. The summed E-state index contributed by atoms with van der Waals surface area (Å²) in [5.41, 5.74) is 1.10. The Morgan fingerprint density at radius 2 is 1.93 bits per heavy atom. The van der Waals surface area contributed by atoms with E-state index < -0.39 is 11.8 Å². The lowest BCUT2D eigenvalue weighted by atomic mass is 10.1. The molecule has 0 aliphatic carbocycles. The average Bonchev–Trinajstić information content (AvgIpc) is 2.66. The predicted octanol–water partition coefficient (Wildman–Crippen LogP) is 2.93. The van der Waals surface area contributed by atoms with Gasteiger partial charge in [-0.05, 0) is 43.4 Å². The van der Waals surface area contributed by atoms with Crippen molar-refractivity contribution in [3.05, 3.63) is 59.7 Å². The number of methoxy groups -OCH3 is 1. The number of thiocarbonyl (C=S) groups is 1. The Morgan fingerprint density at radius 1 is 1.15 bits per heavy atom. The van der Waals surface area contributed by atoms with Crippen molar-refractivity contribution in [2.24, 2.45) is 0 Å². The number of amides is 2. The van der Waals surface area contributed by atoms with E-state index in [1.807, 2.05) is 13.0 Å². The third-order valence-corrected chi connectivity index (χ3v) is 4.21. The molecule has 0 atom stereocenters. The molecular weight excluding hydrogens is 364 g/mol. The van der Waals surface area contributed by atoms with Gasteiger partial charge in [-0.1, -0.05) is 24.3 Å². The molecule has 0 unspecified atom stereocenters. The number of benzene rings is 2. The van der Waals surface area contributed by atoms with E-state index in [4.69, 9.17) is 21.7 Å². The van der Waals surface area contributed by atoms with E-state index >= 15 is 0 Å². The molecule has 0 aromatic heterocycles. The van der Waals surface area contributed by atoms with Crippen molar-refractivity contribution >= 4 is 40.9 Å². The molecule has 1 aliphatic heterocycles. The standard InChI is InChI=1S/C20H18N2O4S/c1-3-26-15-9-6-8-14(12-15)22-19(24)16(18(23)21-20(22)27)11-13-7-4-5-10-17(13)25-2/h4-12H,3H2,1-2H3,(H,21,23,27)/b16-11-. The number of anilines is 1. The largest absolute Gasteiger partial charge is 0.496 e. The second-order valence-electron chi connectivity index (χ2n) is 5.63. The minimum Gasteiger partial charge on any atom is -0.496 e. The number of ether oxygens (including phenoxy) is 2. The fraction of sp³-hybridized carbons (Fsp3) is 0.150. The summed E-state index contributed by atoms with van der Waals surface area (Å²) in [6, 6.07) is 14.1. The van der Waals surface area contributed by atoms with Crippen LogP contribution in [-0.4, -0.2) is 30.6 Å². The molecule has 27 heavy (non-hydrogen) atoms. The maximum absolute atomic E-state index is 13.0. The number of nitrogens with zero attached hydrogens (tertiary/aromatic N) is 1. The van der Waals surface area contributed by atoms with Crippen LogP contribution in [-0.2, 0) is 9.59 Å². The fourth-order valence-corrected chi connectivity index (χ4v) is 2.99. The molecular formula is C20H18N2O4S. The molecule has 0 bridgehead atoms. The van der Waals surface area contributed by atoms with Crippen LogP contribution in [0.3, 0.4) is 0 Å². The number of nitrogens with one attached hydrogen (secondary N) is 1. The quantitative estimate of drug-likeness (QED) is 0.489. The molecule has 0 spiro atoms. The first kappa shape index (κ1) is 18.6. The highest BCUT2D eigenvalue weighted by molar-refractivity contribution is 7.80. The van der Waals surface area contributed by atoms with Crippen molar-refractivity contribution in [2.75, 3.05) is 18.6 Å². The Balaban J connectivity index is 2.01. The van der Waals surface area contributed by atoms with E-state index in [9.17, 15) is 9.59 Å². The highest BCUT2D eigenvalue weighted by Crippen LogP contribution is 2.27. The molecule has 1 aliphatic rings. The summed E-state index contributed by atoms with van der Waals surface area (Å²) in [5, 5.41) is 2.59. The van der Waals surface area contributed by atoms with Crippen molar-refractivity contribution in [2.45, 2.75) is 6.92 Å². The van der Waals surface area contributed by atoms with Crippen molar-refractivity contribution < 1.29 is 19.1 Å². The molecule has 2 aromatic carbocycles. The average molecular weight is 382 g/mol. The summed E-state index contributed by atoms with van der Waals surface area (Å²) in [6.07, 6.45) is 1.50. The first-order valence-electron chi connectivity index (χ1n) is 8.32. The Labute approximate surface area is 162 Å². The van der Waals surface area contributed by atoms with Crippen molar-refractivity contribution in [1.29, 1.82) is 0 Å². The lowest BCUT2D eigenvalue weighted by Crippen LogP contribution is -2.54. The third kappa shape index (κ3) is 3.83. The van der Waals surface area contributed by atoms with Gasteiger partial charge < -0.3 is 9.47 Å². The summed E-state index contributed by atoms with van der Waals surface area (Å²) >= 11 is 5.22. The number of carbonyl (C=O) groups excluding carboxylic acids is 2. The second-order valence-corrected chi connectivity index (χ2v) is 6.02. The van der Waals surface area contributed by atoms with Gasteiger partial charge in [-0.25, -0.2) is 0 Å². The van der Waals surface area contributed by atoms with Crippen LogP contribution in [0.25, 0.3) is 6.08 Å². The molecule has 3 rings (SSSR count). The van der Waals surface area contributed by atoms with Crippen LogP contribution in [0.1, 0.15) is 12.5 Å². The zero-order valence-corrected chi connectivity index (χ0v) is 15.7. The van der Waals surface area contributed by atoms with E-state index in [1.54, 1.807) is 42.5 Å². The Hall–Kier alpha value is -3.19. The molecule has 2 amide bonds. The number of hydrogen-bond acceptors (Lipinski definition) is 5. The minimum atomic E-state index is -0.548. The molecule has 0 radical (unpaired) electrons. The van der Waals surface area contributed by atoms with Gasteiger partial charge in [0.25, 0.3) is 11.8 Å². The van der Waals surface area contributed by atoms with Gasteiger partial charge in [0.1, 0.15) is 17.1 Å². The SMILES string of the molecule is CCOc1cccc(N2C(=O)/C(=C\c3ccccc3OC)C(=O)NC2=S)c1. The topological polar surface area (TPSA) is 67.9 Å². The minimum absolute atomic E-state index is 0.0239. The first-order chi connectivity index (χ1) is 13.0. The van der Waals surface area contributed by atoms with Crippen LogP contribution in [0.15, 0.2) is 54.1 Å². The van der Waals surface area contributed by atoms with Crippen LogP contribution >= 0.6 is 12.2 Å². The van der Waals surface area contributed by atoms with Gasteiger partial charge in [-0.3, -0.25) is 19.8 Å². The van der Waals surface area contributed by atoms with Gasteiger partial charge in [0.2, 0.25) is 0 Å². The molecule has 0 saturated carbocycles. The van der Waals surface area contributed by atoms with Gasteiger partial charge in [-0.15, -0.1) is 0 Å². The lowest BCUT2D eigenvalue weighted by Gasteiger charge is -2.29. The Bertz CT molecular complexity index is 939. The van der Waals surface area contributed by atoms with Gasteiger partial charge >= 0.3 is 0 Å². The highest BCUT2D eigenvalue weighted by Gasteiger charge is 2.34. The van der Waals surface area contributed by atoms with E-state index in [1.165, 1.54) is 18.1 Å². The number of para-hydroxylation sites is 1. The van der Waals surface area contributed by atoms with Gasteiger partial charge in [-0.2, -0.15) is 0 Å².